The van der Waals surface area contributed by atoms with Crippen molar-refractivity contribution in [2.24, 2.45) is 11.8 Å². The summed E-state index contributed by atoms with van der Waals surface area (Å²) in [5, 5.41) is 8.59. The fourth-order valence-electron chi connectivity index (χ4n) is 2.86. The SMILES string of the molecule is N#CCC1CCC(N2CC(C(F)(F)F)C2)CC1. The van der Waals surface area contributed by atoms with Crippen LogP contribution in [0.3, 0.4) is 0 Å². The number of likely N-dealkylation sites (tertiary alicyclic amines) is 1. The molecule has 0 aromatic rings. The molecule has 2 fully saturated rings. The van der Waals surface area contributed by atoms with Gasteiger partial charge in [-0.05, 0) is 31.6 Å². The lowest BCUT2D eigenvalue weighted by atomic mass is 9.82. The van der Waals surface area contributed by atoms with Crippen molar-refractivity contribution in [1.82, 2.24) is 4.90 Å². The predicted octanol–water partition coefficient (Wildman–Crippen LogP) is 2.95. The summed E-state index contributed by atoms with van der Waals surface area (Å²) in [6.07, 6.45) is 0.469. The van der Waals surface area contributed by atoms with Crippen molar-refractivity contribution in [3.05, 3.63) is 0 Å². The second kappa shape index (κ2) is 4.85. The van der Waals surface area contributed by atoms with Gasteiger partial charge >= 0.3 is 6.18 Å². The Labute approximate surface area is 99.4 Å². The summed E-state index contributed by atoms with van der Waals surface area (Å²) in [6.45, 7) is 0.355. The first-order valence-electron chi connectivity index (χ1n) is 6.18. The Hall–Kier alpha value is -0.760. The van der Waals surface area contributed by atoms with Crippen molar-refractivity contribution in [2.45, 2.75) is 44.3 Å². The average molecular weight is 246 g/mol. The molecule has 0 amide bonds. The van der Waals surface area contributed by atoms with Crippen LogP contribution < -0.4 is 0 Å². The normalized spacial score (nSPS) is 31.9. The summed E-state index contributed by atoms with van der Waals surface area (Å²) in [5.41, 5.74) is 0. The van der Waals surface area contributed by atoms with E-state index in [0.717, 1.165) is 25.7 Å². The fraction of sp³-hybridized carbons (Fsp3) is 0.917. The van der Waals surface area contributed by atoms with Crippen LogP contribution in [0, 0.1) is 23.2 Å². The molecule has 0 N–H and O–H groups in total. The minimum absolute atomic E-state index is 0.178. The zero-order chi connectivity index (χ0) is 12.5. The van der Waals surface area contributed by atoms with Crippen molar-refractivity contribution >= 4 is 0 Å². The van der Waals surface area contributed by atoms with Gasteiger partial charge in [-0.1, -0.05) is 0 Å². The highest BCUT2D eigenvalue weighted by molar-refractivity contribution is 4.92. The van der Waals surface area contributed by atoms with E-state index in [9.17, 15) is 13.2 Å². The van der Waals surface area contributed by atoms with E-state index in [4.69, 9.17) is 5.26 Å². The lowest BCUT2D eigenvalue weighted by Crippen LogP contribution is -2.57. The van der Waals surface area contributed by atoms with Crippen LogP contribution in [0.5, 0.6) is 0 Å². The highest BCUT2D eigenvalue weighted by Gasteiger charge is 2.48. The summed E-state index contributed by atoms with van der Waals surface area (Å²) < 4.78 is 37.0. The number of hydrogen-bond donors (Lipinski definition) is 0. The molecule has 0 aromatic heterocycles. The Balaban J connectivity index is 1.72. The van der Waals surface area contributed by atoms with Crippen LogP contribution in [0.1, 0.15) is 32.1 Å². The molecule has 2 rings (SSSR count). The van der Waals surface area contributed by atoms with Gasteiger partial charge in [0.25, 0.3) is 0 Å². The van der Waals surface area contributed by atoms with E-state index in [1.165, 1.54) is 0 Å². The van der Waals surface area contributed by atoms with Gasteiger partial charge in [0, 0.05) is 25.6 Å². The van der Waals surface area contributed by atoms with Crippen LogP contribution in [-0.4, -0.2) is 30.2 Å². The predicted molar refractivity (Wildman–Crippen MR) is 57.1 cm³/mol. The Morgan fingerprint density at radius 1 is 1.12 bits per heavy atom. The quantitative estimate of drug-likeness (QED) is 0.749. The standard InChI is InChI=1S/C12H17F3N2/c13-12(14,15)10-7-17(8-10)11-3-1-9(2-4-11)5-6-16/h9-11H,1-5,7-8H2. The molecule has 1 aliphatic heterocycles. The number of nitrogens with zero attached hydrogens (tertiary/aromatic N) is 2. The lowest BCUT2D eigenvalue weighted by Gasteiger charge is -2.46. The highest BCUT2D eigenvalue weighted by atomic mass is 19.4. The van der Waals surface area contributed by atoms with Gasteiger partial charge in [-0.25, -0.2) is 0 Å². The minimum Gasteiger partial charge on any atom is -0.299 e. The monoisotopic (exact) mass is 246 g/mol. The molecule has 1 aliphatic carbocycles. The maximum Gasteiger partial charge on any atom is 0.394 e. The summed E-state index contributed by atoms with van der Waals surface area (Å²) in [6, 6.07) is 2.50. The molecule has 1 saturated heterocycles. The summed E-state index contributed by atoms with van der Waals surface area (Å²) in [7, 11) is 0. The lowest BCUT2D eigenvalue weighted by molar-refractivity contribution is -0.215. The second-order valence-corrected chi connectivity index (χ2v) is 5.23. The molecule has 0 radical (unpaired) electrons. The van der Waals surface area contributed by atoms with Crippen LogP contribution in [0.4, 0.5) is 13.2 Å². The Morgan fingerprint density at radius 2 is 1.71 bits per heavy atom. The van der Waals surface area contributed by atoms with Crippen LogP contribution in [0.2, 0.25) is 0 Å². The first-order valence-corrected chi connectivity index (χ1v) is 6.18. The number of rotatable bonds is 2. The van der Waals surface area contributed by atoms with Gasteiger partial charge in [0.05, 0.1) is 12.0 Å². The van der Waals surface area contributed by atoms with E-state index in [2.05, 4.69) is 6.07 Å². The maximum absolute atomic E-state index is 12.3. The Bertz CT molecular complexity index is 294. The molecule has 17 heavy (non-hydrogen) atoms. The van der Waals surface area contributed by atoms with Crippen molar-refractivity contribution < 1.29 is 13.2 Å². The Morgan fingerprint density at radius 3 is 2.18 bits per heavy atom. The molecule has 0 aromatic carbocycles. The maximum atomic E-state index is 12.3. The van der Waals surface area contributed by atoms with Crippen molar-refractivity contribution in [1.29, 1.82) is 5.26 Å². The van der Waals surface area contributed by atoms with Gasteiger partial charge in [0.2, 0.25) is 0 Å². The van der Waals surface area contributed by atoms with Gasteiger partial charge in [-0.3, -0.25) is 4.90 Å². The van der Waals surface area contributed by atoms with Crippen LogP contribution in [0.25, 0.3) is 0 Å². The topological polar surface area (TPSA) is 27.0 Å². The third-order valence-electron chi connectivity index (χ3n) is 4.09. The molecule has 2 nitrogen and oxygen atoms in total. The zero-order valence-corrected chi connectivity index (χ0v) is 9.71. The molecule has 0 unspecified atom stereocenters. The Kier molecular flexibility index (Phi) is 3.62. The number of halogens is 3. The van der Waals surface area contributed by atoms with Crippen molar-refractivity contribution in [3.8, 4) is 6.07 Å². The smallest absolute Gasteiger partial charge is 0.299 e. The number of alkyl halides is 3. The molecule has 0 bridgehead atoms. The second-order valence-electron chi connectivity index (χ2n) is 5.23. The summed E-state index contributed by atoms with van der Waals surface area (Å²) in [5.74, 6) is -0.643. The molecule has 96 valence electrons. The third kappa shape index (κ3) is 2.92. The van der Waals surface area contributed by atoms with Crippen LogP contribution >= 0.6 is 0 Å². The number of nitriles is 1. The van der Waals surface area contributed by atoms with Gasteiger partial charge in [-0.15, -0.1) is 0 Å². The van der Waals surface area contributed by atoms with Crippen molar-refractivity contribution in [3.63, 3.8) is 0 Å². The van der Waals surface area contributed by atoms with E-state index >= 15 is 0 Å². The molecule has 2 aliphatic rings. The molecule has 5 heteroatoms. The van der Waals surface area contributed by atoms with Gasteiger partial charge in [-0.2, -0.15) is 18.4 Å². The van der Waals surface area contributed by atoms with E-state index in [1.54, 1.807) is 0 Å². The summed E-state index contributed by atoms with van der Waals surface area (Å²) in [4.78, 5) is 1.96. The van der Waals surface area contributed by atoms with Gasteiger partial charge in [0.15, 0.2) is 0 Å². The molecule has 0 atom stereocenters. The first-order chi connectivity index (χ1) is 8.00. The largest absolute Gasteiger partial charge is 0.394 e. The summed E-state index contributed by atoms with van der Waals surface area (Å²) >= 11 is 0. The molecular weight excluding hydrogens is 229 g/mol. The molecular formula is C12H17F3N2. The van der Waals surface area contributed by atoms with Gasteiger partial charge in [0.1, 0.15) is 0 Å². The number of hydrogen-bond acceptors (Lipinski definition) is 2. The van der Waals surface area contributed by atoms with Crippen LogP contribution in [-0.2, 0) is 0 Å². The van der Waals surface area contributed by atoms with E-state index < -0.39 is 12.1 Å². The highest BCUT2D eigenvalue weighted by Crippen LogP contribution is 2.38. The van der Waals surface area contributed by atoms with E-state index in [1.807, 2.05) is 4.90 Å². The van der Waals surface area contributed by atoms with Gasteiger partial charge < -0.3 is 0 Å². The van der Waals surface area contributed by atoms with Crippen LogP contribution in [0.15, 0.2) is 0 Å². The fourth-order valence-corrected chi connectivity index (χ4v) is 2.86. The first kappa shape index (κ1) is 12.7. The molecule has 1 heterocycles. The molecule has 0 spiro atoms. The van der Waals surface area contributed by atoms with E-state index in [-0.39, 0.29) is 13.1 Å². The van der Waals surface area contributed by atoms with E-state index in [0.29, 0.717) is 18.4 Å². The minimum atomic E-state index is -4.02. The third-order valence-corrected chi connectivity index (χ3v) is 4.09. The molecule has 1 saturated carbocycles. The zero-order valence-electron chi connectivity index (χ0n) is 9.71. The van der Waals surface area contributed by atoms with Crippen molar-refractivity contribution in [2.75, 3.05) is 13.1 Å². The average Bonchev–Trinajstić information content (AvgIpc) is 2.16.